The zero-order valence-electron chi connectivity index (χ0n) is 12.3. The first-order valence-corrected chi connectivity index (χ1v) is 6.95. The van der Waals surface area contributed by atoms with Crippen molar-refractivity contribution in [3.63, 3.8) is 0 Å². The molecule has 1 aromatic rings. The summed E-state index contributed by atoms with van der Waals surface area (Å²) in [4.78, 5) is 26.0. The van der Waals surface area contributed by atoms with Crippen molar-refractivity contribution in [2.24, 2.45) is 11.8 Å². The molecule has 4 atom stereocenters. The molecule has 106 valence electrons. The van der Waals surface area contributed by atoms with Crippen molar-refractivity contribution in [3.05, 3.63) is 32.6 Å². The number of aromatic amines is 1. The van der Waals surface area contributed by atoms with E-state index in [4.69, 9.17) is 4.74 Å². The van der Waals surface area contributed by atoms with Gasteiger partial charge in [-0.1, -0.05) is 26.6 Å². The highest BCUT2D eigenvalue weighted by atomic mass is 16.5. The van der Waals surface area contributed by atoms with Gasteiger partial charge in [-0.3, -0.25) is 14.3 Å². The van der Waals surface area contributed by atoms with Gasteiger partial charge in [0.05, 0.1) is 6.10 Å². The van der Waals surface area contributed by atoms with Crippen LogP contribution in [0.15, 0.2) is 15.8 Å². The number of nitrogens with zero attached hydrogens (tertiary/aromatic N) is 1. The maximum atomic E-state index is 12.0. The van der Waals surface area contributed by atoms with Gasteiger partial charge in [0, 0.05) is 12.1 Å². The maximum Gasteiger partial charge on any atom is 0.330 e. The normalized spacial score (nSPS) is 28.8. The predicted octanol–water partition coefficient (Wildman–Crippen LogP) is 0.520. The van der Waals surface area contributed by atoms with Gasteiger partial charge in [0.15, 0.2) is 0 Å². The van der Waals surface area contributed by atoms with Crippen LogP contribution in [0.25, 0.3) is 0 Å². The Morgan fingerprint density at radius 1 is 1.30 bits per heavy atom. The van der Waals surface area contributed by atoms with Crippen LogP contribution in [0.5, 0.6) is 0 Å². The Bertz CT molecular complexity index is 667. The minimum atomic E-state index is -0.449. The third-order valence-electron chi connectivity index (χ3n) is 4.02. The third kappa shape index (κ3) is 2.59. The number of H-pyrrole nitrogens is 1. The van der Waals surface area contributed by atoms with E-state index in [1.54, 1.807) is 0 Å². The molecule has 2 rings (SSSR count). The quantitative estimate of drug-likeness (QED) is 0.600. The highest BCUT2D eigenvalue weighted by molar-refractivity contribution is 6.44. The van der Waals surface area contributed by atoms with Crippen LogP contribution in [0.1, 0.15) is 32.6 Å². The van der Waals surface area contributed by atoms with Crippen LogP contribution in [0.4, 0.5) is 0 Å². The second kappa shape index (κ2) is 5.72. The summed E-state index contributed by atoms with van der Waals surface area (Å²) in [5.41, 5.74) is -0.594. The number of hydrogen-bond acceptors (Lipinski definition) is 3. The highest BCUT2D eigenvalue weighted by Crippen LogP contribution is 2.37. The van der Waals surface area contributed by atoms with Crippen molar-refractivity contribution in [1.29, 1.82) is 0 Å². The summed E-state index contributed by atoms with van der Waals surface area (Å²) in [5.74, 6) is 6.17. The van der Waals surface area contributed by atoms with E-state index in [0.717, 1.165) is 0 Å². The van der Waals surface area contributed by atoms with Crippen molar-refractivity contribution >= 4 is 7.28 Å². The molecule has 1 aliphatic rings. The summed E-state index contributed by atoms with van der Waals surface area (Å²) in [7, 11) is 0.656. The molecule has 0 saturated carbocycles. The van der Waals surface area contributed by atoms with E-state index in [0.29, 0.717) is 18.8 Å². The SMILES string of the molecule is CBC#Cc1cn(C2OC(C)C(C)C2C)c(=O)[nH]c1=O. The Kier molecular flexibility index (Phi) is 4.19. The largest absolute Gasteiger partial charge is 0.354 e. The molecule has 0 aromatic carbocycles. The smallest absolute Gasteiger partial charge is 0.330 e. The fraction of sp³-hybridized carbons (Fsp3) is 0.571. The number of ether oxygens (including phenoxy) is 1. The van der Waals surface area contributed by atoms with Gasteiger partial charge in [-0.05, 0) is 12.8 Å². The minimum absolute atomic E-state index is 0.0824. The molecule has 0 radical (unpaired) electrons. The lowest BCUT2D eigenvalue weighted by atomic mass is 9.84. The molecule has 1 saturated heterocycles. The fourth-order valence-electron chi connectivity index (χ4n) is 2.42. The van der Waals surface area contributed by atoms with E-state index in [2.05, 4.69) is 23.6 Å². The number of hydrogen-bond donors (Lipinski definition) is 1. The van der Waals surface area contributed by atoms with Gasteiger partial charge in [-0.25, -0.2) is 4.79 Å². The van der Waals surface area contributed by atoms with E-state index in [1.165, 1.54) is 10.8 Å². The molecule has 1 fully saturated rings. The van der Waals surface area contributed by atoms with Crippen LogP contribution in [-0.4, -0.2) is 22.9 Å². The zero-order chi connectivity index (χ0) is 14.9. The summed E-state index contributed by atoms with van der Waals surface area (Å²) in [6.45, 7) is 8.05. The van der Waals surface area contributed by atoms with E-state index in [1.807, 2.05) is 20.7 Å². The average Bonchev–Trinajstić information content (AvgIpc) is 2.66. The van der Waals surface area contributed by atoms with Gasteiger partial charge in [0.25, 0.3) is 5.56 Å². The van der Waals surface area contributed by atoms with E-state index in [9.17, 15) is 9.59 Å². The maximum absolute atomic E-state index is 12.0. The fourth-order valence-corrected chi connectivity index (χ4v) is 2.42. The molecule has 2 heterocycles. The van der Waals surface area contributed by atoms with E-state index >= 15 is 0 Å². The molecule has 1 N–H and O–H groups in total. The first-order chi connectivity index (χ1) is 9.45. The number of nitrogens with one attached hydrogen (secondary N) is 1. The second-order valence-corrected chi connectivity index (χ2v) is 5.31. The molecule has 0 spiro atoms. The molecule has 1 aromatic heterocycles. The summed E-state index contributed by atoms with van der Waals surface area (Å²) >= 11 is 0. The Morgan fingerprint density at radius 2 is 2.00 bits per heavy atom. The van der Waals surface area contributed by atoms with Crippen LogP contribution < -0.4 is 11.2 Å². The Labute approximate surface area is 118 Å². The summed E-state index contributed by atoms with van der Waals surface area (Å²) in [5, 5.41) is 0. The predicted molar refractivity (Wildman–Crippen MR) is 79.1 cm³/mol. The van der Waals surface area contributed by atoms with Crippen LogP contribution in [0.3, 0.4) is 0 Å². The van der Waals surface area contributed by atoms with Gasteiger partial charge in [-0.2, -0.15) is 5.82 Å². The Balaban J connectivity index is 2.47. The average molecular weight is 274 g/mol. The topological polar surface area (TPSA) is 64.1 Å². The van der Waals surface area contributed by atoms with E-state index < -0.39 is 11.2 Å². The molecule has 5 nitrogen and oxygen atoms in total. The molecule has 6 heteroatoms. The number of aromatic nitrogens is 2. The van der Waals surface area contributed by atoms with Crippen LogP contribution >= 0.6 is 0 Å². The van der Waals surface area contributed by atoms with Crippen LogP contribution in [-0.2, 0) is 4.74 Å². The molecule has 0 aliphatic carbocycles. The Morgan fingerprint density at radius 3 is 2.55 bits per heavy atom. The summed E-state index contributed by atoms with van der Waals surface area (Å²) < 4.78 is 7.29. The van der Waals surface area contributed by atoms with Gasteiger partial charge in [-0.15, -0.1) is 0 Å². The molecule has 4 unspecified atom stereocenters. The lowest BCUT2D eigenvalue weighted by molar-refractivity contribution is -0.00764. The molecule has 0 bridgehead atoms. The lowest BCUT2D eigenvalue weighted by Crippen LogP contribution is -2.35. The summed E-state index contributed by atoms with van der Waals surface area (Å²) in [6.07, 6.45) is 1.24. The third-order valence-corrected chi connectivity index (χ3v) is 4.02. The first-order valence-electron chi connectivity index (χ1n) is 6.95. The van der Waals surface area contributed by atoms with Crippen molar-refractivity contribution in [1.82, 2.24) is 9.55 Å². The molecular formula is C14H19BN2O3. The standard InChI is InChI=1S/C14H19BN2O3/c1-8-9(2)13(20-10(8)3)17-7-11(5-6-15-4)12(18)16-14(17)19/h7-10,13,15H,1-4H3,(H,16,18,19). The van der Waals surface area contributed by atoms with Crippen molar-refractivity contribution in [2.45, 2.75) is 39.9 Å². The van der Waals surface area contributed by atoms with Crippen molar-refractivity contribution in [2.75, 3.05) is 0 Å². The minimum Gasteiger partial charge on any atom is -0.354 e. The van der Waals surface area contributed by atoms with Gasteiger partial charge in [0.2, 0.25) is 7.28 Å². The first kappa shape index (κ1) is 14.7. The molecule has 0 amide bonds. The van der Waals surface area contributed by atoms with Crippen LogP contribution in [0.2, 0.25) is 6.82 Å². The van der Waals surface area contributed by atoms with Gasteiger partial charge >= 0.3 is 5.69 Å². The second-order valence-electron chi connectivity index (χ2n) is 5.31. The highest BCUT2D eigenvalue weighted by Gasteiger charge is 2.38. The molecule has 1 aliphatic heterocycles. The van der Waals surface area contributed by atoms with Gasteiger partial charge in [0.1, 0.15) is 11.8 Å². The number of rotatable bonds is 1. The monoisotopic (exact) mass is 274 g/mol. The summed E-state index contributed by atoms with van der Waals surface area (Å²) in [6, 6.07) is 0. The van der Waals surface area contributed by atoms with E-state index in [-0.39, 0.29) is 18.2 Å². The van der Waals surface area contributed by atoms with Gasteiger partial charge < -0.3 is 4.74 Å². The Hall–Kier alpha value is -1.74. The lowest BCUT2D eigenvalue weighted by Gasteiger charge is -2.18. The van der Waals surface area contributed by atoms with Crippen LogP contribution in [0, 0.1) is 23.6 Å². The molecular weight excluding hydrogens is 255 g/mol. The van der Waals surface area contributed by atoms with Crippen molar-refractivity contribution < 1.29 is 4.74 Å². The molecule has 20 heavy (non-hydrogen) atoms. The van der Waals surface area contributed by atoms with Crippen molar-refractivity contribution in [3.8, 4) is 11.7 Å². The zero-order valence-corrected chi connectivity index (χ0v) is 12.3.